The molecule has 9 heteroatoms. The largest absolute Gasteiger partial charge is 0.494 e. The standard InChI is InChI=1S/C17H15ClN2O4S2/c18-10-3-5-11(6-4-10)24-7-1-2-8-25-17-19-14(21)13-12(16(22)23)9-26-15(13)20-17/h3-6,9H,1-2,7-8H2,(H,22,23)(H,19,20,21). The molecule has 136 valence electrons. The van der Waals surface area contributed by atoms with Gasteiger partial charge in [-0.25, -0.2) is 9.78 Å². The van der Waals surface area contributed by atoms with Gasteiger partial charge in [0.1, 0.15) is 10.6 Å². The Balaban J connectivity index is 1.48. The Kier molecular flexibility index (Phi) is 6.18. The number of H-pyrrole nitrogens is 1. The summed E-state index contributed by atoms with van der Waals surface area (Å²) in [6.07, 6.45) is 1.76. The number of carboxylic acid groups (broad SMARTS) is 1. The zero-order chi connectivity index (χ0) is 18.5. The predicted octanol–water partition coefficient (Wildman–Crippen LogP) is 4.29. The van der Waals surface area contributed by atoms with Crippen LogP contribution in [0, 0.1) is 0 Å². The maximum atomic E-state index is 12.1. The maximum absolute atomic E-state index is 12.1. The Hall–Kier alpha value is -2.03. The molecule has 3 rings (SSSR count). The summed E-state index contributed by atoms with van der Waals surface area (Å²) in [7, 11) is 0. The van der Waals surface area contributed by atoms with Crippen molar-refractivity contribution in [2.24, 2.45) is 0 Å². The van der Waals surface area contributed by atoms with Gasteiger partial charge in [-0.1, -0.05) is 23.4 Å². The first kappa shape index (κ1) is 18.8. The first-order chi connectivity index (χ1) is 12.5. The van der Waals surface area contributed by atoms with E-state index in [4.69, 9.17) is 21.4 Å². The smallest absolute Gasteiger partial charge is 0.337 e. The van der Waals surface area contributed by atoms with Gasteiger partial charge in [-0.2, -0.15) is 0 Å². The first-order valence-electron chi connectivity index (χ1n) is 7.80. The van der Waals surface area contributed by atoms with E-state index in [1.54, 1.807) is 12.1 Å². The number of unbranched alkanes of at least 4 members (excludes halogenated alkanes) is 1. The quantitative estimate of drug-likeness (QED) is 0.327. The summed E-state index contributed by atoms with van der Waals surface area (Å²) in [5.41, 5.74) is -0.420. The number of aromatic carboxylic acids is 1. The highest BCUT2D eigenvalue weighted by molar-refractivity contribution is 7.99. The number of fused-ring (bicyclic) bond motifs is 1. The molecule has 0 bridgehead atoms. The van der Waals surface area contributed by atoms with Crippen LogP contribution in [-0.2, 0) is 0 Å². The third-order valence-electron chi connectivity index (χ3n) is 3.51. The molecular formula is C17H15ClN2O4S2. The molecule has 0 unspecified atom stereocenters. The topological polar surface area (TPSA) is 92.3 Å². The number of halogens is 1. The van der Waals surface area contributed by atoms with Gasteiger partial charge in [-0.15, -0.1) is 11.3 Å². The minimum Gasteiger partial charge on any atom is -0.494 e. The van der Waals surface area contributed by atoms with Crippen LogP contribution in [0.15, 0.2) is 39.6 Å². The second-order valence-electron chi connectivity index (χ2n) is 5.36. The number of nitrogens with one attached hydrogen (secondary N) is 1. The van der Waals surface area contributed by atoms with Crippen molar-refractivity contribution < 1.29 is 14.6 Å². The van der Waals surface area contributed by atoms with Gasteiger partial charge in [0.15, 0.2) is 5.16 Å². The van der Waals surface area contributed by atoms with Gasteiger partial charge in [0.2, 0.25) is 0 Å². The lowest BCUT2D eigenvalue weighted by atomic mass is 10.2. The number of ether oxygens (including phenoxy) is 1. The van der Waals surface area contributed by atoms with E-state index >= 15 is 0 Å². The van der Waals surface area contributed by atoms with Crippen molar-refractivity contribution in [1.29, 1.82) is 0 Å². The van der Waals surface area contributed by atoms with Crippen LogP contribution in [0.2, 0.25) is 5.02 Å². The molecule has 0 radical (unpaired) electrons. The fourth-order valence-electron chi connectivity index (χ4n) is 2.25. The van der Waals surface area contributed by atoms with Crippen LogP contribution in [0.1, 0.15) is 23.2 Å². The average Bonchev–Trinajstić information content (AvgIpc) is 3.04. The maximum Gasteiger partial charge on any atom is 0.337 e. The van der Waals surface area contributed by atoms with Crippen molar-refractivity contribution in [3.8, 4) is 5.75 Å². The first-order valence-corrected chi connectivity index (χ1v) is 10.0. The number of hydrogen-bond donors (Lipinski definition) is 2. The molecule has 0 saturated heterocycles. The Morgan fingerprint density at radius 3 is 2.81 bits per heavy atom. The fourth-order valence-corrected chi connectivity index (χ4v) is 4.21. The summed E-state index contributed by atoms with van der Waals surface area (Å²) in [5.74, 6) is 0.436. The fraction of sp³-hybridized carbons (Fsp3) is 0.235. The minimum absolute atomic E-state index is 0.00496. The third-order valence-corrected chi connectivity index (χ3v) is 5.60. The molecule has 3 aromatic rings. The predicted molar refractivity (Wildman–Crippen MR) is 104 cm³/mol. The van der Waals surface area contributed by atoms with E-state index in [0.717, 1.165) is 35.7 Å². The van der Waals surface area contributed by atoms with Crippen LogP contribution >= 0.6 is 34.7 Å². The Morgan fingerprint density at radius 2 is 2.08 bits per heavy atom. The molecule has 0 amide bonds. The molecule has 2 N–H and O–H groups in total. The summed E-state index contributed by atoms with van der Waals surface area (Å²) in [6.45, 7) is 0.595. The highest BCUT2D eigenvalue weighted by atomic mass is 35.5. The van der Waals surface area contributed by atoms with E-state index < -0.39 is 11.5 Å². The molecule has 0 aliphatic heterocycles. The van der Waals surface area contributed by atoms with Crippen LogP contribution in [0.25, 0.3) is 10.2 Å². The molecule has 0 spiro atoms. The molecule has 0 aliphatic rings. The highest BCUT2D eigenvalue weighted by Gasteiger charge is 2.16. The molecule has 0 saturated carbocycles. The average molecular weight is 411 g/mol. The molecule has 6 nitrogen and oxygen atoms in total. The van der Waals surface area contributed by atoms with E-state index in [0.29, 0.717) is 21.6 Å². The summed E-state index contributed by atoms with van der Waals surface area (Å²) >= 11 is 8.42. The van der Waals surface area contributed by atoms with E-state index in [2.05, 4.69) is 9.97 Å². The molecular weight excluding hydrogens is 396 g/mol. The molecule has 26 heavy (non-hydrogen) atoms. The number of carbonyl (C=O) groups is 1. The lowest BCUT2D eigenvalue weighted by Crippen LogP contribution is -2.11. The third kappa shape index (κ3) is 4.57. The molecule has 2 heterocycles. The Labute approximate surface area is 162 Å². The number of thiophene rings is 1. The molecule has 0 atom stereocenters. The molecule has 0 aliphatic carbocycles. The van der Waals surface area contributed by atoms with Gasteiger partial charge in [0.25, 0.3) is 5.56 Å². The van der Waals surface area contributed by atoms with Crippen molar-refractivity contribution in [1.82, 2.24) is 9.97 Å². The number of hydrogen-bond acceptors (Lipinski definition) is 6. The number of nitrogens with zero attached hydrogens (tertiary/aromatic N) is 1. The molecule has 1 aromatic carbocycles. The Morgan fingerprint density at radius 1 is 1.31 bits per heavy atom. The lowest BCUT2D eigenvalue weighted by Gasteiger charge is -2.06. The van der Waals surface area contributed by atoms with E-state index in [1.165, 1.54) is 17.1 Å². The van der Waals surface area contributed by atoms with Gasteiger partial charge in [0.05, 0.1) is 17.6 Å². The summed E-state index contributed by atoms with van der Waals surface area (Å²) in [4.78, 5) is 30.6. The number of aromatic amines is 1. The zero-order valence-electron chi connectivity index (χ0n) is 13.5. The van der Waals surface area contributed by atoms with E-state index in [9.17, 15) is 9.59 Å². The second-order valence-corrected chi connectivity index (χ2v) is 7.74. The molecule has 0 fully saturated rings. The lowest BCUT2D eigenvalue weighted by molar-refractivity contribution is 0.0699. The van der Waals surface area contributed by atoms with E-state index in [1.807, 2.05) is 12.1 Å². The van der Waals surface area contributed by atoms with Gasteiger partial charge < -0.3 is 14.8 Å². The van der Waals surface area contributed by atoms with Gasteiger partial charge in [-0.3, -0.25) is 4.79 Å². The number of carboxylic acids is 1. The SMILES string of the molecule is O=C(O)c1csc2nc(SCCCCOc3ccc(Cl)cc3)[nH]c(=O)c12. The van der Waals surface area contributed by atoms with Crippen LogP contribution in [0.3, 0.4) is 0 Å². The van der Waals surface area contributed by atoms with Crippen LogP contribution in [-0.4, -0.2) is 33.4 Å². The van der Waals surface area contributed by atoms with Gasteiger partial charge in [-0.05, 0) is 37.1 Å². The number of aromatic nitrogens is 2. The van der Waals surface area contributed by atoms with Crippen molar-refractivity contribution in [3.63, 3.8) is 0 Å². The summed E-state index contributed by atoms with van der Waals surface area (Å²) < 4.78 is 5.62. The second kappa shape index (κ2) is 8.57. The summed E-state index contributed by atoms with van der Waals surface area (Å²) in [6, 6.07) is 7.22. The van der Waals surface area contributed by atoms with Crippen LogP contribution in [0.4, 0.5) is 0 Å². The Bertz CT molecular complexity index is 969. The number of benzene rings is 1. The van der Waals surface area contributed by atoms with Crippen molar-refractivity contribution in [3.05, 3.63) is 50.6 Å². The summed E-state index contributed by atoms with van der Waals surface area (Å²) in [5, 5.41) is 11.8. The zero-order valence-corrected chi connectivity index (χ0v) is 15.9. The monoisotopic (exact) mass is 410 g/mol. The number of rotatable bonds is 8. The van der Waals surface area contributed by atoms with Crippen molar-refractivity contribution >= 4 is 50.9 Å². The van der Waals surface area contributed by atoms with Crippen molar-refractivity contribution in [2.45, 2.75) is 18.0 Å². The van der Waals surface area contributed by atoms with Crippen molar-refractivity contribution in [2.75, 3.05) is 12.4 Å². The normalized spacial score (nSPS) is 11.0. The molecule has 2 aromatic heterocycles. The van der Waals surface area contributed by atoms with Crippen LogP contribution < -0.4 is 10.3 Å². The van der Waals surface area contributed by atoms with Gasteiger partial charge in [0, 0.05) is 16.2 Å². The minimum atomic E-state index is -1.12. The van der Waals surface area contributed by atoms with E-state index in [-0.39, 0.29) is 10.9 Å². The number of thioether (sulfide) groups is 1. The highest BCUT2D eigenvalue weighted by Crippen LogP contribution is 2.24. The van der Waals surface area contributed by atoms with Gasteiger partial charge >= 0.3 is 5.97 Å². The van der Waals surface area contributed by atoms with Crippen LogP contribution in [0.5, 0.6) is 5.75 Å².